The number of nitrogens with one attached hydrogen (secondary N) is 2. The zero-order valence-electron chi connectivity index (χ0n) is 22.0. The molecule has 2 aromatic carbocycles. The van der Waals surface area contributed by atoms with E-state index in [9.17, 15) is 26.7 Å². The summed E-state index contributed by atoms with van der Waals surface area (Å²) in [6.45, 7) is 2.97. The van der Waals surface area contributed by atoms with E-state index < -0.39 is 54.4 Å². The zero-order valence-corrected chi connectivity index (χ0v) is 24.5. The predicted molar refractivity (Wildman–Crippen MR) is 149 cm³/mol. The second-order valence-electron chi connectivity index (χ2n) is 9.91. The first-order valence-electron chi connectivity index (χ1n) is 12.0. The number of ether oxygens (including phenoxy) is 2. The third kappa shape index (κ3) is 9.33. The number of carbonyl (C=O) groups excluding carboxylic acids is 1. The smallest absolute Gasteiger partial charge is 0.239 e. The van der Waals surface area contributed by atoms with Crippen molar-refractivity contribution in [3.63, 3.8) is 0 Å². The van der Waals surface area contributed by atoms with E-state index in [0.717, 1.165) is 11.8 Å². The van der Waals surface area contributed by atoms with Crippen molar-refractivity contribution in [2.24, 2.45) is 5.73 Å². The van der Waals surface area contributed by atoms with E-state index in [1.54, 1.807) is 6.92 Å². The van der Waals surface area contributed by atoms with Crippen molar-refractivity contribution >= 4 is 38.0 Å². The lowest BCUT2D eigenvalue weighted by molar-refractivity contribution is -0.124. The number of hydrogen-bond acceptors (Lipinski definition) is 10. The van der Waals surface area contributed by atoms with E-state index in [4.69, 9.17) is 15.2 Å². The molecule has 14 heteroatoms. The first-order chi connectivity index (χ1) is 17.6. The molecule has 3 atom stereocenters. The van der Waals surface area contributed by atoms with Crippen LogP contribution < -0.4 is 25.8 Å². The van der Waals surface area contributed by atoms with Crippen molar-refractivity contribution in [2.75, 3.05) is 31.1 Å². The summed E-state index contributed by atoms with van der Waals surface area (Å²) in [6, 6.07) is 12.2. The Kier molecular flexibility index (Phi) is 10.8. The summed E-state index contributed by atoms with van der Waals surface area (Å²) in [5, 5.41) is 17.1. The number of aliphatic hydroxyl groups is 1. The molecular formula is C25H36ClN3O8S2. The summed E-state index contributed by atoms with van der Waals surface area (Å²) in [5.41, 5.74) is 3.82. The van der Waals surface area contributed by atoms with Gasteiger partial charge in [0.1, 0.15) is 9.84 Å². The van der Waals surface area contributed by atoms with Gasteiger partial charge in [0.25, 0.3) is 0 Å². The molecule has 1 heterocycles. The standard InChI is InChI=1S/C25H35N3O8S2.ClH/c1-4-25(13-18-8-6-5-7-9-18,28-23(29)20(26)14-37(3,31)32)27-15-24(2,30)16-38(33,34)19-10-11-21-22(12-19)36-17-35-21;/h5-12,20,27,30H,4,13-17,26H2,1-3H3,(H,28,29);1H/t20-,24-,25+;/m1./s1. The maximum Gasteiger partial charge on any atom is 0.239 e. The van der Waals surface area contributed by atoms with Crippen LogP contribution in [-0.4, -0.2) is 76.3 Å². The van der Waals surface area contributed by atoms with Gasteiger partial charge >= 0.3 is 0 Å². The van der Waals surface area contributed by atoms with Gasteiger partial charge in [-0.3, -0.25) is 10.1 Å². The van der Waals surface area contributed by atoms with Crippen molar-refractivity contribution in [1.29, 1.82) is 0 Å². The van der Waals surface area contributed by atoms with Crippen LogP contribution in [0.3, 0.4) is 0 Å². The summed E-state index contributed by atoms with van der Waals surface area (Å²) in [5.74, 6) is -1.08. The largest absolute Gasteiger partial charge is 0.454 e. The van der Waals surface area contributed by atoms with E-state index >= 15 is 0 Å². The average Bonchev–Trinajstić information content (AvgIpc) is 3.30. The summed E-state index contributed by atoms with van der Waals surface area (Å²) < 4.78 is 60.0. The summed E-state index contributed by atoms with van der Waals surface area (Å²) >= 11 is 0. The number of hydrogen-bond donors (Lipinski definition) is 4. The van der Waals surface area contributed by atoms with Crippen LogP contribution in [0.15, 0.2) is 53.4 Å². The highest BCUT2D eigenvalue weighted by atomic mass is 35.5. The third-order valence-corrected chi connectivity index (χ3v) is 9.08. The Hall–Kier alpha value is -2.42. The van der Waals surface area contributed by atoms with Crippen LogP contribution in [0.4, 0.5) is 0 Å². The van der Waals surface area contributed by atoms with Crippen molar-refractivity contribution in [2.45, 2.75) is 48.9 Å². The van der Waals surface area contributed by atoms with E-state index in [1.165, 1.54) is 25.1 Å². The van der Waals surface area contributed by atoms with Gasteiger partial charge in [-0.25, -0.2) is 16.8 Å². The maximum absolute atomic E-state index is 13.1. The van der Waals surface area contributed by atoms with Gasteiger partial charge in [0.05, 0.1) is 33.7 Å². The van der Waals surface area contributed by atoms with Crippen molar-refractivity contribution in [3.8, 4) is 11.5 Å². The molecule has 0 spiro atoms. The molecule has 2 aromatic rings. The quantitative estimate of drug-likeness (QED) is 0.239. The Bertz CT molecular complexity index is 1350. The Morgan fingerprint density at radius 3 is 2.36 bits per heavy atom. The van der Waals surface area contributed by atoms with Crippen LogP contribution >= 0.6 is 12.4 Å². The maximum atomic E-state index is 13.1. The molecule has 1 aliphatic heterocycles. The highest BCUT2D eigenvalue weighted by molar-refractivity contribution is 7.91. The highest BCUT2D eigenvalue weighted by Gasteiger charge is 2.37. The summed E-state index contributed by atoms with van der Waals surface area (Å²) in [6.07, 6.45) is 1.59. The first-order valence-corrected chi connectivity index (χ1v) is 15.7. The normalized spacial score (nSPS) is 16.8. The number of amides is 1. The van der Waals surface area contributed by atoms with Crippen LogP contribution in [0.25, 0.3) is 0 Å². The molecule has 218 valence electrons. The van der Waals surface area contributed by atoms with E-state index in [-0.39, 0.29) is 37.1 Å². The molecule has 5 N–H and O–H groups in total. The molecule has 0 unspecified atom stereocenters. The van der Waals surface area contributed by atoms with Crippen LogP contribution in [0.1, 0.15) is 25.8 Å². The van der Waals surface area contributed by atoms with Crippen LogP contribution in [0, 0.1) is 0 Å². The fourth-order valence-corrected chi connectivity index (χ4v) is 6.59. The van der Waals surface area contributed by atoms with E-state index in [1.807, 2.05) is 30.3 Å². The van der Waals surface area contributed by atoms with Gasteiger partial charge in [0.2, 0.25) is 12.7 Å². The van der Waals surface area contributed by atoms with E-state index in [0.29, 0.717) is 17.9 Å². The zero-order chi connectivity index (χ0) is 28.2. The van der Waals surface area contributed by atoms with Crippen LogP contribution in [-0.2, 0) is 30.9 Å². The van der Waals surface area contributed by atoms with Gasteiger partial charge in [-0.05, 0) is 31.0 Å². The lowest BCUT2D eigenvalue weighted by Crippen LogP contribution is -2.65. The van der Waals surface area contributed by atoms with Crippen LogP contribution in [0.5, 0.6) is 11.5 Å². The summed E-state index contributed by atoms with van der Waals surface area (Å²) in [4.78, 5) is 12.9. The minimum absolute atomic E-state index is 0. The number of nitrogens with two attached hydrogens (primary N) is 1. The van der Waals surface area contributed by atoms with E-state index in [2.05, 4.69) is 10.6 Å². The minimum Gasteiger partial charge on any atom is -0.454 e. The molecular weight excluding hydrogens is 570 g/mol. The fraction of sp³-hybridized carbons (Fsp3) is 0.480. The number of benzene rings is 2. The van der Waals surface area contributed by atoms with Gasteiger partial charge in [-0.2, -0.15) is 0 Å². The molecule has 0 aromatic heterocycles. The Labute approximate surface area is 235 Å². The van der Waals surface area contributed by atoms with Crippen molar-refractivity contribution in [3.05, 3.63) is 54.1 Å². The number of carbonyl (C=O) groups is 1. The minimum atomic E-state index is -3.93. The van der Waals surface area contributed by atoms with Gasteiger partial charge < -0.3 is 25.6 Å². The molecule has 11 nitrogen and oxygen atoms in total. The van der Waals surface area contributed by atoms with Crippen molar-refractivity contribution in [1.82, 2.24) is 10.6 Å². The average molecular weight is 606 g/mol. The topological polar surface area (TPSA) is 174 Å². The molecule has 0 saturated heterocycles. The SMILES string of the molecule is CC[C@](Cc1ccccc1)(NC[C@@](C)(O)CS(=O)(=O)c1ccc2c(c1)OCO2)NC(=O)[C@H](N)CS(C)(=O)=O.Cl. The lowest BCUT2D eigenvalue weighted by Gasteiger charge is -2.38. The monoisotopic (exact) mass is 605 g/mol. The second-order valence-corrected chi connectivity index (χ2v) is 14.1. The summed E-state index contributed by atoms with van der Waals surface area (Å²) in [7, 11) is -7.43. The molecule has 0 fully saturated rings. The van der Waals surface area contributed by atoms with Crippen LogP contribution in [0.2, 0.25) is 0 Å². The molecule has 1 amide bonds. The highest BCUT2D eigenvalue weighted by Crippen LogP contribution is 2.34. The van der Waals surface area contributed by atoms with Gasteiger partial charge in [-0.1, -0.05) is 37.3 Å². The fourth-order valence-electron chi connectivity index (χ4n) is 4.14. The Balaban J connectivity index is 0.00000533. The number of halogens is 1. The molecule has 39 heavy (non-hydrogen) atoms. The Morgan fingerprint density at radius 2 is 1.74 bits per heavy atom. The van der Waals surface area contributed by atoms with Gasteiger partial charge in [-0.15, -0.1) is 12.4 Å². The second kappa shape index (κ2) is 12.8. The number of fused-ring (bicyclic) bond motifs is 1. The molecule has 1 aliphatic rings. The molecule has 3 rings (SSSR count). The molecule has 0 saturated carbocycles. The number of sulfone groups is 2. The van der Waals surface area contributed by atoms with Gasteiger partial charge in [0, 0.05) is 25.3 Å². The number of rotatable bonds is 13. The first kappa shape index (κ1) is 32.8. The third-order valence-electron chi connectivity index (χ3n) is 6.15. The Morgan fingerprint density at radius 1 is 1.10 bits per heavy atom. The molecule has 0 radical (unpaired) electrons. The molecule has 0 aliphatic carbocycles. The van der Waals surface area contributed by atoms with Crippen molar-refractivity contribution < 1.29 is 36.2 Å². The lowest BCUT2D eigenvalue weighted by atomic mass is 9.95. The molecule has 0 bridgehead atoms. The van der Waals surface area contributed by atoms with Gasteiger partial charge in [0.15, 0.2) is 21.3 Å². The predicted octanol–water partition coefficient (Wildman–Crippen LogP) is 0.789.